The van der Waals surface area contributed by atoms with Crippen molar-refractivity contribution in [2.75, 3.05) is 13.4 Å². The average molecular weight is 336 g/mol. The lowest BCUT2D eigenvalue weighted by atomic mass is 10.1. The Balaban J connectivity index is 2.31. The maximum atomic E-state index is 11.7. The number of hydrogen-bond donors (Lipinski definition) is 0. The predicted molar refractivity (Wildman–Crippen MR) is 75.0 cm³/mol. The van der Waals surface area contributed by atoms with Gasteiger partial charge in [-0.3, -0.25) is 0 Å². The van der Waals surface area contributed by atoms with E-state index < -0.39 is 5.97 Å². The molecule has 1 aliphatic rings. The zero-order valence-electron chi connectivity index (χ0n) is 10.4. The maximum absolute atomic E-state index is 11.7. The molecule has 0 unspecified atom stereocenters. The highest BCUT2D eigenvalue weighted by Crippen LogP contribution is 2.37. The highest BCUT2D eigenvalue weighted by molar-refractivity contribution is 9.10. The topological polar surface area (TPSA) is 68.6 Å². The lowest BCUT2D eigenvalue weighted by Gasteiger charge is -2.03. The molecule has 0 fully saturated rings. The molecule has 0 aliphatic carbocycles. The van der Waals surface area contributed by atoms with E-state index in [1.807, 2.05) is 6.07 Å². The molecule has 0 saturated heterocycles. The minimum Gasteiger partial charge on any atom is -0.457 e. The van der Waals surface area contributed by atoms with Crippen LogP contribution >= 0.6 is 15.9 Å². The van der Waals surface area contributed by atoms with Gasteiger partial charge in [-0.1, -0.05) is 28.6 Å². The van der Waals surface area contributed by atoms with Gasteiger partial charge in [0.05, 0.1) is 0 Å². The van der Waals surface area contributed by atoms with E-state index in [0.29, 0.717) is 21.5 Å². The van der Waals surface area contributed by atoms with Crippen molar-refractivity contribution in [1.29, 1.82) is 5.26 Å². The molecular formula is C14H10BrNO4. The molecule has 2 rings (SSSR count). The largest absolute Gasteiger partial charge is 0.457 e. The van der Waals surface area contributed by atoms with Crippen molar-refractivity contribution in [2.24, 2.45) is 0 Å². The van der Waals surface area contributed by atoms with Crippen molar-refractivity contribution in [3.05, 3.63) is 40.4 Å². The molecule has 0 amide bonds. The van der Waals surface area contributed by atoms with Crippen LogP contribution in [0.2, 0.25) is 0 Å². The molecule has 1 heterocycles. The molecule has 0 N–H and O–H groups in total. The first-order chi connectivity index (χ1) is 9.65. The summed E-state index contributed by atoms with van der Waals surface area (Å²) in [5, 5.41) is 9.03. The molecule has 5 nitrogen and oxygen atoms in total. The zero-order valence-corrected chi connectivity index (χ0v) is 12.0. The van der Waals surface area contributed by atoms with E-state index in [4.69, 9.17) is 19.5 Å². The van der Waals surface area contributed by atoms with Gasteiger partial charge in [0.25, 0.3) is 0 Å². The molecular weight excluding hydrogens is 326 g/mol. The van der Waals surface area contributed by atoms with Crippen LogP contribution < -0.4 is 9.47 Å². The summed E-state index contributed by atoms with van der Waals surface area (Å²) in [5.74, 6) is 0.481. The number of benzene rings is 1. The van der Waals surface area contributed by atoms with Gasteiger partial charge >= 0.3 is 5.97 Å². The predicted octanol–water partition coefficient (Wildman–Crippen LogP) is 2.81. The number of nitrogens with zero attached hydrogens (tertiary/aromatic N) is 1. The molecule has 0 bridgehead atoms. The fourth-order valence-corrected chi connectivity index (χ4v) is 1.99. The molecule has 102 valence electrons. The summed E-state index contributed by atoms with van der Waals surface area (Å²) in [6, 6.07) is 5.22. The van der Waals surface area contributed by atoms with Gasteiger partial charge in [0.15, 0.2) is 11.5 Å². The number of carbonyl (C=O) groups excluding carboxylic acids is 1. The molecule has 0 aromatic heterocycles. The average Bonchev–Trinajstić information content (AvgIpc) is 2.88. The van der Waals surface area contributed by atoms with E-state index in [1.165, 1.54) is 12.2 Å². The van der Waals surface area contributed by atoms with Crippen LogP contribution in [0.3, 0.4) is 0 Å². The third-order valence-corrected chi connectivity index (χ3v) is 3.15. The molecule has 0 radical (unpaired) electrons. The molecule has 1 aromatic rings. The lowest BCUT2D eigenvalue weighted by Crippen LogP contribution is -2.06. The monoisotopic (exact) mass is 335 g/mol. The van der Waals surface area contributed by atoms with Gasteiger partial charge in [0.1, 0.15) is 18.2 Å². The first-order valence-electron chi connectivity index (χ1n) is 5.64. The number of esters is 1. The van der Waals surface area contributed by atoms with E-state index in [0.717, 1.165) is 0 Å². The summed E-state index contributed by atoms with van der Waals surface area (Å²) in [4.78, 5) is 11.7. The Morgan fingerprint density at radius 3 is 2.85 bits per heavy atom. The second-order valence-corrected chi connectivity index (χ2v) is 4.64. The van der Waals surface area contributed by atoms with Gasteiger partial charge in [-0.2, -0.15) is 5.26 Å². The van der Waals surface area contributed by atoms with Gasteiger partial charge in [0, 0.05) is 4.47 Å². The summed E-state index contributed by atoms with van der Waals surface area (Å²) >= 11 is 3.35. The highest BCUT2D eigenvalue weighted by atomic mass is 79.9. The molecule has 1 aromatic carbocycles. The summed E-state index contributed by atoms with van der Waals surface area (Å²) in [6.45, 7) is 3.65. The zero-order chi connectivity index (χ0) is 14.5. The second-order valence-electron chi connectivity index (χ2n) is 3.78. The van der Waals surface area contributed by atoms with E-state index in [-0.39, 0.29) is 19.0 Å². The Labute approximate surface area is 124 Å². The van der Waals surface area contributed by atoms with Crippen molar-refractivity contribution < 1.29 is 19.0 Å². The lowest BCUT2D eigenvalue weighted by molar-refractivity contribution is -0.137. The van der Waals surface area contributed by atoms with Gasteiger partial charge in [0.2, 0.25) is 6.79 Å². The van der Waals surface area contributed by atoms with Crippen LogP contribution in [0.4, 0.5) is 0 Å². The first-order valence-corrected chi connectivity index (χ1v) is 6.44. The van der Waals surface area contributed by atoms with Gasteiger partial charge < -0.3 is 14.2 Å². The quantitative estimate of drug-likeness (QED) is 0.366. The van der Waals surface area contributed by atoms with Crippen molar-refractivity contribution in [1.82, 2.24) is 0 Å². The molecule has 6 heteroatoms. The summed E-state index contributed by atoms with van der Waals surface area (Å²) in [7, 11) is 0. The molecule has 1 aliphatic heterocycles. The van der Waals surface area contributed by atoms with Crippen LogP contribution in [0.25, 0.3) is 6.08 Å². The molecule has 20 heavy (non-hydrogen) atoms. The summed E-state index contributed by atoms with van der Waals surface area (Å²) in [5.41, 5.74) is 0.521. The van der Waals surface area contributed by atoms with Crippen LogP contribution in [-0.4, -0.2) is 19.4 Å². The minimum absolute atomic E-state index is 0.0557. The van der Waals surface area contributed by atoms with Crippen LogP contribution in [0.1, 0.15) is 5.56 Å². The van der Waals surface area contributed by atoms with Crippen LogP contribution in [-0.2, 0) is 9.53 Å². The Morgan fingerprint density at radius 2 is 2.20 bits per heavy atom. The van der Waals surface area contributed by atoms with Crippen molar-refractivity contribution in [3.8, 4) is 17.6 Å². The normalized spacial score (nSPS) is 12.7. The summed E-state index contributed by atoms with van der Waals surface area (Å²) in [6.07, 6.45) is 2.86. The SMILES string of the molecule is C=CCOC(=O)/C(C#N)=C/c1cc2c(cc1Br)OCO2. The number of halogens is 1. The van der Waals surface area contributed by atoms with E-state index in [1.54, 1.807) is 12.1 Å². The molecule has 0 atom stereocenters. The van der Waals surface area contributed by atoms with Gasteiger partial charge in [-0.25, -0.2) is 4.79 Å². The first kappa shape index (κ1) is 14.2. The number of carbonyl (C=O) groups is 1. The fraction of sp³-hybridized carbons (Fsp3) is 0.143. The number of ether oxygens (including phenoxy) is 3. The van der Waals surface area contributed by atoms with Crippen LogP contribution in [0.5, 0.6) is 11.5 Å². The fourth-order valence-electron chi connectivity index (χ4n) is 1.55. The minimum atomic E-state index is -0.697. The highest BCUT2D eigenvalue weighted by Gasteiger charge is 2.17. The number of nitriles is 1. The number of hydrogen-bond acceptors (Lipinski definition) is 5. The standard InChI is InChI=1S/C14H10BrNO4/c1-2-3-18-14(17)10(7-16)4-9-5-12-13(6-11(9)15)20-8-19-12/h2,4-6H,1,3,8H2/b10-4+. The Hall–Kier alpha value is -2.26. The molecule has 0 saturated carbocycles. The van der Waals surface area contributed by atoms with Crippen molar-refractivity contribution >= 4 is 28.0 Å². The smallest absolute Gasteiger partial charge is 0.349 e. The Morgan fingerprint density at radius 1 is 1.50 bits per heavy atom. The van der Waals surface area contributed by atoms with E-state index in [9.17, 15) is 4.79 Å². The Bertz CT molecular complexity index is 631. The van der Waals surface area contributed by atoms with Crippen molar-refractivity contribution in [3.63, 3.8) is 0 Å². The number of fused-ring (bicyclic) bond motifs is 1. The maximum Gasteiger partial charge on any atom is 0.349 e. The van der Waals surface area contributed by atoms with Gasteiger partial charge in [-0.15, -0.1) is 0 Å². The Kier molecular flexibility index (Phi) is 4.43. The van der Waals surface area contributed by atoms with Crippen LogP contribution in [0.15, 0.2) is 34.8 Å². The number of rotatable bonds is 4. The van der Waals surface area contributed by atoms with E-state index in [2.05, 4.69) is 22.5 Å². The van der Waals surface area contributed by atoms with E-state index >= 15 is 0 Å². The molecule has 0 spiro atoms. The van der Waals surface area contributed by atoms with Crippen LogP contribution in [0, 0.1) is 11.3 Å². The third-order valence-electron chi connectivity index (χ3n) is 2.46. The third kappa shape index (κ3) is 3.00. The van der Waals surface area contributed by atoms with Crippen molar-refractivity contribution in [2.45, 2.75) is 0 Å². The summed E-state index contributed by atoms with van der Waals surface area (Å²) < 4.78 is 16.0. The second kappa shape index (κ2) is 6.26. The van der Waals surface area contributed by atoms with Gasteiger partial charge in [-0.05, 0) is 23.8 Å².